The Kier molecular flexibility index (Phi) is 3.48. The molecule has 0 bridgehead atoms. The number of halogens is 1. The highest BCUT2D eigenvalue weighted by atomic mass is 35.5. The van der Waals surface area contributed by atoms with Crippen LogP contribution in [0.15, 0.2) is 60.9 Å². The van der Waals surface area contributed by atoms with Crippen LogP contribution in [-0.4, -0.2) is 9.97 Å². The molecule has 0 amide bonds. The van der Waals surface area contributed by atoms with Crippen molar-refractivity contribution in [2.45, 2.75) is 6.92 Å². The number of hydrogen-bond donors (Lipinski definition) is 0. The third kappa shape index (κ3) is 2.56. The molecule has 3 rings (SSSR count). The SMILES string of the molecule is Cc1cc(-c2ccc(Cl)cc2)ncc1-c1ccccn1. The fraction of sp³-hybridized carbons (Fsp3) is 0.0588. The van der Waals surface area contributed by atoms with Crippen LogP contribution in [-0.2, 0) is 0 Å². The van der Waals surface area contributed by atoms with Gasteiger partial charge < -0.3 is 0 Å². The number of aromatic nitrogens is 2. The third-order valence-electron chi connectivity index (χ3n) is 3.19. The first-order valence-corrected chi connectivity index (χ1v) is 6.76. The summed E-state index contributed by atoms with van der Waals surface area (Å²) in [4.78, 5) is 8.90. The summed E-state index contributed by atoms with van der Waals surface area (Å²) < 4.78 is 0. The smallest absolute Gasteiger partial charge is 0.0720 e. The first kappa shape index (κ1) is 12.8. The maximum Gasteiger partial charge on any atom is 0.0720 e. The van der Waals surface area contributed by atoms with Gasteiger partial charge in [0.1, 0.15) is 0 Å². The molecule has 3 aromatic rings. The van der Waals surface area contributed by atoms with Gasteiger partial charge in [-0.3, -0.25) is 9.97 Å². The van der Waals surface area contributed by atoms with Crippen molar-refractivity contribution in [3.05, 3.63) is 71.5 Å². The highest BCUT2D eigenvalue weighted by Crippen LogP contribution is 2.25. The average Bonchev–Trinajstić information content (AvgIpc) is 2.49. The molecule has 1 aromatic carbocycles. The van der Waals surface area contributed by atoms with Crippen molar-refractivity contribution in [3.8, 4) is 22.5 Å². The van der Waals surface area contributed by atoms with E-state index in [1.807, 2.05) is 48.7 Å². The Morgan fingerprint density at radius 2 is 1.70 bits per heavy atom. The molecule has 2 heterocycles. The Labute approximate surface area is 123 Å². The summed E-state index contributed by atoms with van der Waals surface area (Å²) >= 11 is 5.91. The molecule has 0 spiro atoms. The van der Waals surface area contributed by atoms with Crippen LogP contribution in [0.25, 0.3) is 22.5 Å². The lowest BCUT2D eigenvalue weighted by Crippen LogP contribution is -1.91. The van der Waals surface area contributed by atoms with Crippen molar-refractivity contribution in [3.63, 3.8) is 0 Å². The summed E-state index contributed by atoms with van der Waals surface area (Å²) in [6, 6.07) is 15.7. The molecule has 0 N–H and O–H groups in total. The van der Waals surface area contributed by atoms with Crippen molar-refractivity contribution >= 4 is 11.6 Å². The predicted molar refractivity (Wildman–Crippen MR) is 82.7 cm³/mol. The van der Waals surface area contributed by atoms with Crippen LogP contribution in [0, 0.1) is 6.92 Å². The van der Waals surface area contributed by atoms with Crippen molar-refractivity contribution in [1.82, 2.24) is 9.97 Å². The molecular formula is C17H13ClN2. The van der Waals surface area contributed by atoms with Crippen LogP contribution in [0.1, 0.15) is 5.56 Å². The zero-order chi connectivity index (χ0) is 13.9. The van der Waals surface area contributed by atoms with Crippen LogP contribution < -0.4 is 0 Å². The van der Waals surface area contributed by atoms with Gasteiger partial charge >= 0.3 is 0 Å². The highest BCUT2D eigenvalue weighted by molar-refractivity contribution is 6.30. The second-order valence-electron chi connectivity index (χ2n) is 4.61. The first-order valence-electron chi connectivity index (χ1n) is 6.38. The van der Waals surface area contributed by atoms with Gasteiger partial charge in [0.25, 0.3) is 0 Å². The third-order valence-corrected chi connectivity index (χ3v) is 3.44. The molecule has 98 valence electrons. The van der Waals surface area contributed by atoms with E-state index in [1.54, 1.807) is 6.20 Å². The van der Waals surface area contributed by atoms with Gasteiger partial charge in [-0.25, -0.2) is 0 Å². The van der Waals surface area contributed by atoms with E-state index in [0.717, 1.165) is 33.1 Å². The van der Waals surface area contributed by atoms with E-state index in [-0.39, 0.29) is 0 Å². The predicted octanol–water partition coefficient (Wildman–Crippen LogP) is 4.77. The molecule has 0 atom stereocenters. The number of pyridine rings is 2. The monoisotopic (exact) mass is 280 g/mol. The van der Waals surface area contributed by atoms with E-state index in [2.05, 4.69) is 23.0 Å². The zero-order valence-electron chi connectivity index (χ0n) is 11.0. The quantitative estimate of drug-likeness (QED) is 0.675. The minimum absolute atomic E-state index is 0.732. The van der Waals surface area contributed by atoms with Gasteiger partial charge in [0, 0.05) is 28.5 Å². The molecule has 20 heavy (non-hydrogen) atoms. The number of nitrogens with zero attached hydrogens (tertiary/aromatic N) is 2. The molecule has 0 fully saturated rings. The molecule has 0 saturated heterocycles. The van der Waals surface area contributed by atoms with Gasteiger partial charge in [0.2, 0.25) is 0 Å². The van der Waals surface area contributed by atoms with E-state index >= 15 is 0 Å². The molecule has 0 aliphatic carbocycles. The summed E-state index contributed by atoms with van der Waals surface area (Å²) in [6.07, 6.45) is 3.67. The number of rotatable bonds is 2. The molecule has 2 nitrogen and oxygen atoms in total. The number of benzene rings is 1. The molecule has 0 radical (unpaired) electrons. The normalized spacial score (nSPS) is 10.5. The van der Waals surface area contributed by atoms with E-state index in [4.69, 9.17) is 11.6 Å². The highest BCUT2D eigenvalue weighted by Gasteiger charge is 2.06. The van der Waals surface area contributed by atoms with Gasteiger partial charge in [-0.2, -0.15) is 0 Å². The van der Waals surface area contributed by atoms with E-state index in [1.165, 1.54) is 0 Å². The summed E-state index contributed by atoms with van der Waals surface area (Å²) in [5, 5.41) is 0.732. The summed E-state index contributed by atoms with van der Waals surface area (Å²) in [7, 11) is 0. The fourth-order valence-corrected chi connectivity index (χ4v) is 2.25. The number of hydrogen-bond acceptors (Lipinski definition) is 2. The van der Waals surface area contributed by atoms with Crippen LogP contribution in [0.2, 0.25) is 5.02 Å². The summed E-state index contributed by atoms with van der Waals surface area (Å²) in [6.45, 7) is 2.07. The first-order chi connectivity index (χ1) is 9.74. The molecule has 0 saturated carbocycles. The van der Waals surface area contributed by atoms with Crippen LogP contribution in [0.4, 0.5) is 0 Å². The molecule has 0 aliphatic heterocycles. The largest absolute Gasteiger partial charge is 0.256 e. The standard InChI is InChI=1S/C17H13ClN2/c1-12-10-17(13-5-7-14(18)8-6-13)20-11-15(12)16-4-2-3-9-19-16/h2-11H,1H3. The van der Waals surface area contributed by atoms with Gasteiger partial charge in [-0.05, 0) is 42.8 Å². The Bertz CT molecular complexity index is 722. The lowest BCUT2D eigenvalue weighted by molar-refractivity contribution is 1.25. The van der Waals surface area contributed by atoms with Crippen molar-refractivity contribution < 1.29 is 0 Å². The minimum Gasteiger partial charge on any atom is -0.256 e. The lowest BCUT2D eigenvalue weighted by atomic mass is 10.0. The Morgan fingerprint density at radius 1 is 0.900 bits per heavy atom. The second-order valence-corrected chi connectivity index (χ2v) is 5.04. The van der Waals surface area contributed by atoms with E-state index in [9.17, 15) is 0 Å². The van der Waals surface area contributed by atoms with Crippen LogP contribution in [0.3, 0.4) is 0 Å². The molecule has 2 aromatic heterocycles. The van der Waals surface area contributed by atoms with Crippen molar-refractivity contribution in [2.24, 2.45) is 0 Å². The van der Waals surface area contributed by atoms with Gasteiger partial charge in [0.15, 0.2) is 0 Å². The molecule has 0 unspecified atom stereocenters. The van der Waals surface area contributed by atoms with Crippen molar-refractivity contribution in [2.75, 3.05) is 0 Å². The molecule has 3 heteroatoms. The van der Waals surface area contributed by atoms with Gasteiger partial charge in [-0.15, -0.1) is 0 Å². The van der Waals surface area contributed by atoms with Crippen molar-refractivity contribution in [1.29, 1.82) is 0 Å². The van der Waals surface area contributed by atoms with Gasteiger partial charge in [-0.1, -0.05) is 29.8 Å². The summed E-state index contributed by atoms with van der Waals surface area (Å²) in [5.41, 5.74) is 5.16. The Morgan fingerprint density at radius 3 is 2.35 bits per heavy atom. The maximum atomic E-state index is 5.91. The number of aryl methyl sites for hydroxylation is 1. The Hall–Kier alpha value is -2.19. The molecule has 0 aliphatic rings. The fourth-order valence-electron chi connectivity index (χ4n) is 2.12. The summed E-state index contributed by atoms with van der Waals surface area (Å²) in [5.74, 6) is 0. The van der Waals surface area contributed by atoms with Crippen LogP contribution in [0.5, 0.6) is 0 Å². The minimum atomic E-state index is 0.732. The molecular weight excluding hydrogens is 268 g/mol. The van der Waals surface area contributed by atoms with Crippen LogP contribution >= 0.6 is 11.6 Å². The second kappa shape index (κ2) is 5.43. The Balaban J connectivity index is 2.01. The average molecular weight is 281 g/mol. The van der Waals surface area contributed by atoms with Gasteiger partial charge in [0.05, 0.1) is 11.4 Å². The maximum absolute atomic E-state index is 5.91. The lowest BCUT2D eigenvalue weighted by Gasteiger charge is -2.07. The topological polar surface area (TPSA) is 25.8 Å². The van der Waals surface area contributed by atoms with E-state index < -0.39 is 0 Å². The van der Waals surface area contributed by atoms with E-state index in [0.29, 0.717) is 0 Å². The zero-order valence-corrected chi connectivity index (χ0v) is 11.8.